The lowest BCUT2D eigenvalue weighted by atomic mass is 10.1. The van der Waals surface area contributed by atoms with Crippen LogP contribution in [0, 0.1) is 4.91 Å². The number of ether oxygens (including phenoxy) is 2. The second-order valence-corrected chi connectivity index (χ2v) is 12.0. The Morgan fingerprint density at radius 1 is 0.778 bits per heavy atom. The van der Waals surface area contributed by atoms with E-state index in [0.717, 1.165) is 10.6 Å². The molecule has 20 heteroatoms. The maximum atomic E-state index is 13.6. The minimum Gasteiger partial charge on any atom is -0.383 e. The highest BCUT2D eigenvalue weighted by Gasteiger charge is 2.36. The van der Waals surface area contributed by atoms with Crippen LogP contribution in [-0.4, -0.2) is 125 Å². The van der Waals surface area contributed by atoms with Gasteiger partial charge in [0.25, 0.3) is 23.6 Å². The SMILES string of the molecule is COCCN1CCc2nn(C/C(=C/F)CN)cc2C1=O.COCCN1CCc2nn(C/C(=C/F)CN3C(=O)c4ccccc4C3=O)cc2C1=O.Cl.NN=O.[HH].[HH]. The topological polar surface area (TPSA) is 214 Å². The Morgan fingerprint density at radius 2 is 1.20 bits per heavy atom. The van der Waals surface area contributed by atoms with Gasteiger partial charge in [0.05, 0.1) is 79.1 Å². The molecule has 0 fully saturated rings. The van der Waals surface area contributed by atoms with Crippen LogP contribution in [0.15, 0.2) is 65.8 Å². The summed E-state index contributed by atoms with van der Waals surface area (Å²) in [6.45, 7) is 3.46. The highest BCUT2D eigenvalue weighted by molar-refractivity contribution is 6.21. The Kier molecular flexibility index (Phi) is 16.5. The number of rotatable bonds is 13. The molecule has 6 rings (SSSR count). The van der Waals surface area contributed by atoms with E-state index in [-0.39, 0.29) is 58.8 Å². The van der Waals surface area contributed by atoms with Crippen molar-refractivity contribution in [2.45, 2.75) is 25.9 Å². The smallest absolute Gasteiger partial charge is 0.261 e. The first kappa shape index (κ1) is 43.0. The highest BCUT2D eigenvalue weighted by Crippen LogP contribution is 2.24. The predicted molar refractivity (Wildman–Crippen MR) is 198 cm³/mol. The van der Waals surface area contributed by atoms with Gasteiger partial charge in [-0.1, -0.05) is 12.1 Å². The maximum absolute atomic E-state index is 13.6. The van der Waals surface area contributed by atoms with E-state index in [1.165, 1.54) is 4.68 Å². The van der Waals surface area contributed by atoms with Gasteiger partial charge in [-0.2, -0.15) is 10.2 Å². The maximum Gasteiger partial charge on any atom is 0.261 e. The summed E-state index contributed by atoms with van der Waals surface area (Å²) >= 11 is 0. The molecule has 17 nitrogen and oxygen atoms in total. The van der Waals surface area contributed by atoms with Gasteiger partial charge in [-0.3, -0.25) is 39.3 Å². The monoisotopic (exact) mass is 780 g/mol. The lowest BCUT2D eigenvalue weighted by Crippen LogP contribution is -2.39. The number of nitrogens with two attached hydrogens (primary N) is 2. The Hall–Kier alpha value is -5.37. The summed E-state index contributed by atoms with van der Waals surface area (Å²) in [5.74, 6) is 2.84. The summed E-state index contributed by atoms with van der Waals surface area (Å²) in [5.41, 5.74) is 9.18. The van der Waals surface area contributed by atoms with Gasteiger partial charge in [0.15, 0.2) is 0 Å². The molecule has 0 saturated carbocycles. The van der Waals surface area contributed by atoms with Crippen molar-refractivity contribution < 1.29 is 40.3 Å². The van der Waals surface area contributed by atoms with Crippen LogP contribution in [0.25, 0.3) is 0 Å². The fraction of sp³-hybridized carbons (Fsp3) is 0.412. The third-order valence-electron chi connectivity index (χ3n) is 8.62. The normalized spacial score (nSPS) is 15.1. The fourth-order valence-corrected chi connectivity index (χ4v) is 5.93. The number of carbonyl (C=O) groups is 4. The van der Waals surface area contributed by atoms with Crippen molar-refractivity contribution in [3.63, 3.8) is 0 Å². The predicted octanol–water partition coefficient (Wildman–Crippen LogP) is 2.56. The molecule has 1 aromatic carbocycles. The van der Waals surface area contributed by atoms with Crippen molar-refractivity contribution in [3.05, 3.63) is 99.0 Å². The van der Waals surface area contributed by atoms with Gasteiger partial charge in [0, 0.05) is 80.3 Å². The Bertz CT molecular complexity index is 1840. The number of hydrogen-bond donors (Lipinski definition) is 2. The quantitative estimate of drug-likeness (QED) is 0.111. The molecule has 4 N–H and O–H groups in total. The molecule has 0 atom stereocenters. The molecular formula is C34H47ClF2N10O7. The van der Waals surface area contributed by atoms with E-state index < -0.39 is 11.8 Å². The van der Waals surface area contributed by atoms with E-state index in [1.54, 1.807) is 70.6 Å². The molecule has 54 heavy (non-hydrogen) atoms. The average molecular weight is 781 g/mol. The van der Waals surface area contributed by atoms with Gasteiger partial charge < -0.3 is 25.0 Å². The van der Waals surface area contributed by atoms with Crippen LogP contribution >= 0.6 is 12.4 Å². The third kappa shape index (κ3) is 10.2. The minimum absolute atomic E-state index is 0. The third-order valence-corrected chi connectivity index (χ3v) is 8.62. The second kappa shape index (κ2) is 20.8. The number of methoxy groups -OCH3 is 2. The lowest BCUT2D eigenvalue weighted by Gasteiger charge is -2.25. The number of nitrogens with zero attached hydrogens (tertiary/aromatic N) is 8. The van der Waals surface area contributed by atoms with Crippen molar-refractivity contribution in [1.29, 1.82) is 0 Å². The van der Waals surface area contributed by atoms with E-state index in [4.69, 9.17) is 20.1 Å². The molecule has 3 aliphatic rings. The molecule has 3 aromatic rings. The number of hydrogen-bond acceptors (Lipinski definition) is 11. The molecule has 0 unspecified atom stereocenters. The number of halogens is 3. The van der Waals surface area contributed by atoms with Crippen molar-refractivity contribution in [2.24, 2.45) is 16.9 Å². The molecule has 296 valence electrons. The number of carbonyl (C=O) groups excluding carboxylic acids is 4. The van der Waals surface area contributed by atoms with Crippen LogP contribution in [0.1, 0.15) is 55.7 Å². The number of aromatic nitrogens is 4. The van der Waals surface area contributed by atoms with Crippen molar-refractivity contribution in [1.82, 2.24) is 34.3 Å². The van der Waals surface area contributed by atoms with Crippen molar-refractivity contribution in [2.75, 3.05) is 66.7 Å². The van der Waals surface area contributed by atoms with Gasteiger partial charge in [-0.05, 0) is 23.3 Å². The van der Waals surface area contributed by atoms with Gasteiger partial charge in [0.2, 0.25) is 0 Å². The molecule has 0 radical (unpaired) electrons. The van der Waals surface area contributed by atoms with Crippen molar-refractivity contribution >= 4 is 36.0 Å². The molecular weight excluding hydrogens is 734 g/mol. The van der Waals surface area contributed by atoms with Crippen LogP contribution in [0.2, 0.25) is 0 Å². The number of amides is 4. The summed E-state index contributed by atoms with van der Waals surface area (Å²) in [6, 6.07) is 6.52. The molecule has 4 amide bonds. The van der Waals surface area contributed by atoms with Crippen LogP contribution in [-0.2, 0) is 35.4 Å². The van der Waals surface area contributed by atoms with Crippen LogP contribution in [0.3, 0.4) is 0 Å². The zero-order valence-corrected chi connectivity index (χ0v) is 30.7. The Balaban J connectivity index is 0.000000529. The summed E-state index contributed by atoms with van der Waals surface area (Å²) in [7, 11) is 3.19. The molecule has 0 bridgehead atoms. The summed E-state index contributed by atoms with van der Waals surface area (Å²) in [6.07, 6.45) is 5.43. The fourth-order valence-electron chi connectivity index (χ4n) is 5.93. The van der Waals surface area contributed by atoms with E-state index in [0.29, 0.717) is 98.4 Å². The van der Waals surface area contributed by atoms with E-state index in [1.807, 2.05) is 0 Å². The Morgan fingerprint density at radius 3 is 1.59 bits per heavy atom. The van der Waals surface area contributed by atoms with Gasteiger partial charge in [-0.25, -0.2) is 8.78 Å². The van der Waals surface area contributed by atoms with Gasteiger partial charge in [-0.15, -0.1) is 17.3 Å². The number of benzene rings is 1. The Labute approximate surface area is 318 Å². The van der Waals surface area contributed by atoms with Crippen LogP contribution in [0.4, 0.5) is 8.78 Å². The number of nitroso groups, excluding NO2 is 1. The second-order valence-electron chi connectivity index (χ2n) is 12.0. The summed E-state index contributed by atoms with van der Waals surface area (Å²) < 4.78 is 39.2. The first-order chi connectivity index (χ1) is 25.6. The zero-order valence-electron chi connectivity index (χ0n) is 29.9. The summed E-state index contributed by atoms with van der Waals surface area (Å²) in [4.78, 5) is 62.7. The zero-order chi connectivity index (χ0) is 38.5. The van der Waals surface area contributed by atoms with E-state index in [2.05, 4.69) is 16.0 Å². The first-order valence-corrected chi connectivity index (χ1v) is 16.6. The lowest BCUT2D eigenvalue weighted by molar-refractivity contribution is 0.0658. The molecule has 0 saturated heterocycles. The molecule has 3 aliphatic heterocycles. The van der Waals surface area contributed by atoms with Gasteiger partial charge >= 0.3 is 0 Å². The van der Waals surface area contributed by atoms with E-state index in [9.17, 15) is 28.0 Å². The number of fused-ring (bicyclic) bond motifs is 3. The van der Waals surface area contributed by atoms with E-state index >= 15 is 0 Å². The van der Waals surface area contributed by atoms with Crippen molar-refractivity contribution in [3.8, 4) is 0 Å². The van der Waals surface area contributed by atoms with Gasteiger partial charge in [0.1, 0.15) is 0 Å². The number of imide groups is 1. The minimum atomic E-state index is -0.446. The average Bonchev–Trinajstić information content (AvgIpc) is 3.85. The largest absolute Gasteiger partial charge is 0.383 e. The van der Waals surface area contributed by atoms with Crippen LogP contribution in [0.5, 0.6) is 0 Å². The summed E-state index contributed by atoms with van der Waals surface area (Å²) in [5, 5.41) is 10.5. The van der Waals surface area contributed by atoms with Crippen LogP contribution < -0.4 is 11.6 Å². The molecule has 0 aliphatic carbocycles. The highest BCUT2D eigenvalue weighted by atomic mass is 35.5. The molecule has 0 spiro atoms. The molecule has 2 aromatic heterocycles. The standard InChI is InChI=1S/C21H21FN4O4.C13H19FN4O2.ClH.H2N2O.2H2/c1-30-9-8-24-7-6-18-17(19(24)27)13-25(23-18)11-14(10-22)12-26-20(28)15-4-2-3-5-16(15)21(26)29;1-20-5-4-17-3-2-12-11(13(17)19)9-18(16-12)8-10(6-14)7-15;;1-2-3;;/h2-5,10,13H,6-9,11-12H2,1H3;6,9H,2-5,7-8,15H2,1H3;1H;(H2,1,3);2*1H/b14-10-;10-6+;;;;. The molecule has 5 heterocycles. The first-order valence-electron chi connectivity index (χ1n) is 16.6.